The Balaban J connectivity index is 1.56. The van der Waals surface area contributed by atoms with Gasteiger partial charge in [-0.25, -0.2) is 4.39 Å². The Hall–Kier alpha value is -3.14. The molecule has 0 saturated heterocycles. The second-order valence-electron chi connectivity index (χ2n) is 8.09. The van der Waals surface area contributed by atoms with Crippen LogP contribution in [0.1, 0.15) is 37.3 Å². The Kier molecular flexibility index (Phi) is 6.31. The molecule has 0 aromatic heterocycles. The molecule has 164 valence electrons. The van der Waals surface area contributed by atoms with Crippen LogP contribution in [-0.4, -0.2) is 0 Å². The third kappa shape index (κ3) is 4.69. The Morgan fingerprint density at radius 2 is 1.22 bits per heavy atom. The average Bonchev–Trinajstić information content (AvgIpc) is 2.79. The monoisotopic (exact) mass is 436 g/mol. The molecule has 32 heavy (non-hydrogen) atoms. The summed E-state index contributed by atoms with van der Waals surface area (Å²) in [5.74, 6) is -1.23. The van der Waals surface area contributed by atoms with Gasteiger partial charge in [0.1, 0.15) is 5.82 Å². The van der Waals surface area contributed by atoms with Crippen molar-refractivity contribution in [3.63, 3.8) is 0 Å². The van der Waals surface area contributed by atoms with Crippen LogP contribution in [0.25, 0.3) is 33.0 Å². The number of hydrogen-bond donors (Lipinski definition) is 0. The van der Waals surface area contributed by atoms with E-state index in [0.717, 1.165) is 34.7 Å². The molecule has 0 aliphatic carbocycles. The third-order valence-corrected chi connectivity index (χ3v) is 5.83. The second-order valence-corrected chi connectivity index (χ2v) is 8.09. The zero-order valence-electron chi connectivity index (χ0n) is 17.8. The third-order valence-electron chi connectivity index (χ3n) is 5.83. The first-order valence-corrected chi connectivity index (χ1v) is 10.9. The maximum Gasteiger partial charge on any atom is 0.419 e. The molecule has 4 aromatic carbocycles. The summed E-state index contributed by atoms with van der Waals surface area (Å²) >= 11 is 0. The minimum Gasteiger partial charge on any atom is -0.206 e. The van der Waals surface area contributed by atoms with Gasteiger partial charge in [-0.15, -0.1) is 0 Å². The number of hydrogen-bond acceptors (Lipinski definition) is 0. The molecule has 4 heteroatoms. The zero-order chi connectivity index (χ0) is 22.7. The molecular formula is C28H24F4. The SMILES string of the molecule is CCCCCc1ccc(-c2ccc(-c3ccc4c(F)c(C(F)(F)F)ccc4c3)cc2)cc1. The molecule has 4 aromatic rings. The highest BCUT2D eigenvalue weighted by molar-refractivity contribution is 5.88. The number of fused-ring (bicyclic) bond motifs is 1. The smallest absolute Gasteiger partial charge is 0.206 e. The largest absolute Gasteiger partial charge is 0.419 e. The lowest BCUT2D eigenvalue weighted by Gasteiger charge is -2.11. The Labute approximate surface area is 185 Å². The summed E-state index contributed by atoms with van der Waals surface area (Å²) in [5, 5.41) is 0.412. The van der Waals surface area contributed by atoms with Gasteiger partial charge >= 0.3 is 6.18 Å². The molecule has 0 unspecified atom stereocenters. The molecule has 0 fully saturated rings. The molecule has 0 saturated carbocycles. The number of halogens is 4. The van der Waals surface area contributed by atoms with E-state index in [9.17, 15) is 17.6 Å². The van der Waals surface area contributed by atoms with Gasteiger partial charge in [0.05, 0.1) is 5.56 Å². The number of alkyl halides is 3. The van der Waals surface area contributed by atoms with Crippen LogP contribution in [0.3, 0.4) is 0 Å². The van der Waals surface area contributed by atoms with E-state index >= 15 is 0 Å². The summed E-state index contributed by atoms with van der Waals surface area (Å²) in [6.45, 7) is 2.20. The van der Waals surface area contributed by atoms with Gasteiger partial charge in [0.2, 0.25) is 0 Å². The van der Waals surface area contributed by atoms with Gasteiger partial charge < -0.3 is 0 Å². The molecule has 0 atom stereocenters. The van der Waals surface area contributed by atoms with Crippen molar-refractivity contribution in [3.8, 4) is 22.3 Å². The average molecular weight is 436 g/mol. The minimum atomic E-state index is -4.71. The summed E-state index contributed by atoms with van der Waals surface area (Å²) in [4.78, 5) is 0. The lowest BCUT2D eigenvalue weighted by Crippen LogP contribution is -2.08. The van der Waals surface area contributed by atoms with Crippen LogP contribution in [0.4, 0.5) is 17.6 Å². The summed E-state index contributed by atoms with van der Waals surface area (Å²) < 4.78 is 53.2. The maximum atomic E-state index is 14.3. The van der Waals surface area contributed by atoms with E-state index in [1.807, 2.05) is 24.3 Å². The van der Waals surface area contributed by atoms with Gasteiger partial charge in [0.15, 0.2) is 0 Å². The normalized spacial score (nSPS) is 11.8. The van der Waals surface area contributed by atoms with E-state index in [4.69, 9.17) is 0 Å². The van der Waals surface area contributed by atoms with Crippen molar-refractivity contribution in [1.82, 2.24) is 0 Å². The van der Waals surface area contributed by atoms with Crippen molar-refractivity contribution in [2.45, 2.75) is 38.8 Å². The van der Waals surface area contributed by atoms with Gasteiger partial charge in [-0.1, -0.05) is 86.5 Å². The molecule has 0 bridgehead atoms. The number of benzene rings is 4. The fourth-order valence-corrected chi connectivity index (χ4v) is 3.99. The zero-order valence-corrected chi connectivity index (χ0v) is 17.8. The van der Waals surface area contributed by atoms with E-state index < -0.39 is 17.6 Å². The van der Waals surface area contributed by atoms with E-state index in [1.54, 1.807) is 12.1 Å². The molecule has 0 spiro atoms. The standard InChI is InChI=1S/C28H24F4/c1-2-3-4-5-19-6-8-20(9-7-19)21-10-12-22(13-11-21)23-14-16-25-24(18-23)15-17-26(27(25)29)28(30,31)32/h6-18H,2-5H2,1H3. The van der Waals surface area contributed by atoms with Gasteiger partial charge in [-0.2, -0.15) is 13.2 Å². The van der Waals surface area contributed by atoms with Crippen LogP contribution in [0, 0.1) is 5.82 Å². The molecule has 0 aliphatic heterocycles. The first kappa shape index (κ1) is 22.1. The van der Waals surface area contributed by atoms with E-state index in [2.05, 4.69) is 31.2 Å². The topological polar surface area (TPSA) is 0 Å². The van der Waals surface area contributed by atoms with Crippen molar-refractivity contribution in [2.75, 3.05) is 0 Å². The van der Waals surface area contributed by atoms with Gasteiger partial charge in [-0.3, -0.25) is 0 Å². The molecule has 0 heterocycles. The molecule has 0 nitrogen and oxygen atoms in total. The van der Waals surface area contributed by atoms with Crippen molar-refractivity contribution < 1.29 is 17.6 Å². The highest BCUT2D eigenvalue weighted by Crippen LogP contribution is 2.36. The minimum absolute atomic E-state index is 0.0285. The highest BCUT2D eigenvalue weighted by Gasteiger charge is 2.34. The van der Waals surface area contributed by atoms with Crippen LogP contribution in [0.15, 0.2) is 78.9 Å². The first-order valence-electron chi connectivity index (χ1n) is 10.9. The Bertz CT molecular complexity index is 1200. The molecule has 4 rings (SSSR count). The van der Waals surface area contributed by atoms with Crippen molar-refractivity contribution >= 4 is 10.8 Å². The van der Waals surface area contributed by atoms with Gasteiger partial charge in [0.25, 0.3) is 0 Å². The van der Waals surface area contributed by atoms with Crippen LogP contribution in [0.5, 0.6) is 0 Å². The Morgan fingerprint density at radius 1 is 0.656 bits per heavy atom. The van der Waals surface area contributed by atoms with Crippen LogP contribution >= 0.6 is 0 Å². The predicted molar refractivity (Wildman–Crippen MR) is 123 cm³/mol. The van der Waals surface area contributed by atoms with Crippen molar-refractivity contribution in [1.29, 1.82) is 0 Å². The maximum absolute atomic E-state index is 14.3. The van der Waals surface area contributed by atoms with E-state index in [0.29, 0.717) is 5.39 Å². The fraction of sp³-hybridized carbons (Fsp3) is 0.214. The lowest BCUT2D eigenvalue weighted by molar-refractivity contribution is -0.139. The van der Waals surface area contributed by atoms with Crippen molar-refractivity contribution in [3.05, 3.63) is 95.8 Å². The van der Waals surface area contributed by atoms with Crippen molar-refractivity contribution in [2.24, 2.45) is 0 Å². The lowest BCUT2D eigenvalue weighted by atomic mass is 9.96. The highest BCUT2D eigenvalue weighted by atomic mass is 19.4. The van der Waals surface area contributed by atoms with Crippen LogP contribution < -0.4 is 0 Å². The van der Waals surface area contributed by atoms with Gasteiger partial charge in [0, 0.05) is 5.39 Å². The number of unbranched alkanes of at least 4 members (excludes halogenated alkanes) is 2. The van der Waals surface area contributed by atoms with E-state index in [1.165, 1.54) is 37.0 Å². The molecule has 0 aliphatic rings. The Morgan fingerprint density at radius 3 is 1.81 bits per heavy atom. The first-order chi connectivity index (χ1) is 15.4. The summed E-state index contributed by atoms with van der Waals surface area (Å²) in [6.07, 6.45) is 0.0532. The molecule has 0 N–H and O–H groups in total. The quantitative estimate of drug-likeness (QED) is 0.209. The molecule has 0 radical (unpaired) electrons. The van der Waals surface area contributed by atoms with Gasteiger partial charge in [-0.05, 0) is 58.2 Å². The predicted octanol–water partition coefficient (Wildman–Crippen LogP) is 9.06. The van der Waals surface area contributed by atoms with Crippen LogP contribution in [0.2, 0.25) is 0 Å². The molecular weight excluding hydrogens is 412 g/mol. The fourth-order valence-electron chi connectivity index (χ4n) is 3.99. The summed E-state index contributed by atoms with van der Waals surface area (Å²) in [6, 6.07) is 23.5. The number of aryl methyl sites for hydroxylation is 1. The molecule has 0 amide bonds. The van der Waals surface area contributed by atoms with E-state index in [-0.39, 0.29) is 5.39 Å². The number of rotatable bonds is 6. The van der Waals surface area contributed by atoms with Crippen LogP contribution in [-0.2, 0) is 12.6 Å². The second kappa shape index (κ2) is 9.15. The summed E-state index contributed by atoms with van der Waals surface area (Å²) in [7, 11) is 0. The summed E-state index contributed by atoms with van der Waals surface area (Å²) in [5.41, 5.74) is 4.09.